The smallest absolute Gasteiger partial charge is 0.160 e. The quantitative estimate of drug-likeness (QED) is 0.184. The Kier molecular flexibility index (Phi) is 6.93. The van der Waals surface area contributed by atoms with E-state index in [1.807, 2.05) is 6.07 Å². The molecule has 3 heterocycles. The largest absolute Gasteiger partial charge is 0.308 e. The van der Waals surface area contributed by atoms with Crippen molar-refractivity contribution in [2.45, 2.75) is 6.42 Å². The van der Waals surface area contributed by atoms with E-state index in [0.29, 0.717) is 6.42 Å². The molecule has 54 heavy (non-hydrogen) atoms. The summed E-state index contributed by atoms with van der Waals surface area (Å²) in [6, 6.07) is 67.7. The van der Waals surface area contributed by atoms with Crippen molar-refractivity contribution in [3.63, 3.8) is 0 Å². The highest BCUT2D eigenvalue weighted by Gasteiger charge is 2.26. The topological polar surface area (TPSA) is 30.7 Å². The zero-order chi connectivity index (χ0) is 35.6. The van der Waals surface area contributed by atoms with Crippen LogP contribution in [0.25, 0.3) is 94.4 Å². The molecule has 0 unspecified atom stereocenters. The fraction of sp³-hybridized carbons (Fsp3) is 0.0196. The van der Waals surface area contributed by atoms with Gasteiger partial charge in [0.1, 0.15) is 0 Å². The van der Waals surface area contributed by atoms with Gasteiger partial charge >= 0.3 is 0 Å². The van der Waals surface area contributed by atoms with Crippen molar-refractivity contribution in [1.82, 2.24) is 14.5 Å². The predicted octanol–water partition coefficient (Wildman–Crippen LogP) is 13.0. The van der Waals surface area contributed by atoms with Gasteiger partial charge in [-0.25, -0.2) is 9.97 Å². The van der Waals surface area contributed by atoms with Crippen molar-refractivity contribution < 1.29 is 0 Å². The lowest BCUT2D eigenvalue weighted by atomic mass is 9.92. The van der Waals surface area contributed by atoms with Gasteiger partial charge in [0.2, 0.25) is 0 Å². The molecule has 2 aromatic heterocycles. The van der Waals surface area contributed by atoms with Gasteiger partial charge in [-0.1, -0.05) is 170 Å². The minimum atomic E-state index is 0.694. The zero-order valence-corrected chi connectivity index (χ0v) is 29.4. The van der Waals surface area contributed by atoms with Crippen LogP contribution in [0.15, 0.2) is 188 Å². The molecule has 0 saturated carbocycles. The van der Waals surface area contributed by atoms with Crippen LogP contribution >= 0.6 is 0 Å². The molecule has 0 radical (unpaired) electrons. The maximum absolute atomic E-state index is 5.53. The molecular weight excluding hydrogens is 655 g/mol. The summed E-state index contributed by atoms with van der Waals surface area (Å²) in [5, 5.41) is 4.86. The summed E-state index contributed by atoms with van der Waals surface area (Å²) in [6.07, 6.45) is 0.694. The van der Waals surface area contributed by atoms with Crippen molar-refractivity contribution in [3.05, 3.63) is 199 Å². The monoisotopic (exact) mass is 687 g/mol. The summed E-state index contributed by atoms with van der Waals surface area (Å²) >= 11 is 0. The molecule has 0 saturated heterocycles. The van der Waals surface area contributed by atoms with Gasteiger partial charge in [0.05, 0.1) is 28.1 Å². The molecule has 10 aromatic rings. The minimum absolute atomic E-state index is 0.694. The van der Waals surface area contributed by atoms with Gasteiger partial charge in [-0.3, -0.25) is 0 Å². The van der Waals surface area contributed by atoms with Crippen LogP contribution in [0.5, 0.6) is 0 Å². The van der Waals surface area contributed by atoms with Crippen molar-refractivity contribution in [1.29, 1.82) is 0 Å². The number of fused-ring (bicyclic) bond motifs is 10. The lowest BCUT2D eigenvalue weighted by Gasteiger charge is -2.20. The highest BCUT2D eigenvalue weighted by molar-refractivity contribution is 6.13. The molecule has 0 atom stereocenters. The summed E-state index contributed by atoms with van der Waals surface area (Å²) in [5.74, 6) is 0.719. The molecule has 8 aromatic carbocycles. The highest BCUT2D eigenvalue weighted by atomic mass is 15.0. The Morgan fingerprint density at radius 2 is 1.00 bits per heavy atom. The molecule has 1 aliphatic heterocycles. The summed E-state index contributed by atoms with van der Waals surface area (Å²) in [6.45, 7) is 0. The standard InChI is InChI=1S/C51H33N3/c1-4-12-34(13-5-1)36-21-23-38(24-22-36)48-45-30-33-20-27-42-44-32-40(35-14-6-2-7-15-35)26-29-46(44)54(47(42)31-33)50-41-19-11-10-16-37(41)25-28-43(50)49(45)53-51(52-48)39-17-8-3-9-18-39/h1-29,31-32H,30H2. The summed E-state index contributed by atoms with van der Waals surface area (Å²) in [5.41, 5.74) is 15.8. The molecular formula is C51H33N3. The van der Waals surface area contributed by atoms with Crippen molar-refractivity contribution in [3.8, 4) is 61.8 Å². The molecule has 2 bridgehead atoms. The van der Waals surface area contributed by atoms with Crippen LogP contribution in [-0.2, 0) is 6.42 Å². The summed E-state index contributed by atoms with van der Waals surface area (Å²) in [7, 11) is 0. The fourth-order valence-corrected chi connectivity index (χ4v) is 8.40. The molecule has 3 heteroatoms. The number of rotatable bonds is 4. The first-order valence-electron chi connectivity index (χ1n) is 18.5. The van der Waals surface area contributed by atoms with Crippen molar-refractivity contribution in [2.24, 2.45) is 0 Å². The summed E-state index contributed by atoms with van der Waals surface area (Å²) < 4.78 is 2.49. The van der Waals surface area contributed by atoms with Gasteiger partial charge in [0.25, 0.3) is 0 Å². The van der Waals surface area contributed by atoms with Crippen LogP contribution in [0.1, 0.15) is 11.1 Å². The van der Waals surface area contributed by atoms with Gasteiger partial charge in [-0.05, 0) is 51.4 Å². The second kappa shape index (κ2) is 12.3. The van der Waals surface area contributed by atoms with E-state index in [0.717, 1.165) is 45.2 Å². The Bertz CT molecular complexity index is 3040. The Hall–Kier alpha value is -7.10. The molecule has 1 aliphatic rings. The van der Waals surface area contributed by atoms with E-state index in [-0.39, 0.29) is 0 Å². The first-order chi connectivity index (χ1) is 26.8. The lowest BCUT2D eigenvalue weighted by Crippen LogP contribution is -2.06. The zero-order valence-electron chi connectivity index (χ0n) is 29.4. The molecule has 252 valence electrons. The number of aromatic nitrogens is 3. The van der Waals surface area contributed by atoms with Crippen LogP contribution in [0.3, 0.4) is 0 Å². The molecule has 0 amide bonds. The molecule has 0 aliphatic carbocycles. The summed E-state index contributed by atoms with van der Waals surface area (Å²) in [4.78, 5) is 10.9. The maximum atomic E-state index is 5.53. The predicted molar refractivity (Wildman–Crippen MR) is 224 cm³/mol. The highest BCUT2D eigenvalue weighted by Crippen LogP contribution is 2.45. The first-order valence-corrected chi connectivity index (χ1v) is 18.5. The Morgan fingerprint density at radius 1 is 0.389 bits per heavy atom. The normalized spacial score (nSPS) is 12.0. The number of hydrogen-bond donors (Lipinski definition) is 0. The second-order valence-corrected chi connectivity index (χ2v) is 14.2. The first kappa shape index (κ1) is 30.5. The van der Waals surface area contributed by atoms with Crippen molar-refractivity contribution >= 4 is 32.6 Å². The van der Waals surface area contributed by atoms with E-state index in [1.54, 1.807) is 0 Å². The van der Waals surface area contributed by atoms with E-state index in [4.69, 9.17) is 9.97 Å². The van der Waals surface area contributed by atoms with E-state index in [2.05, 4.69) is 187 Å². The van der Waals surface area contributed by atoms with Crippen LogP contribution in [0.4, 0.5) is 0 Å². The molecule has 0 fully saturated rings. The third-order valence-electron chi connectivity index (χ3n) is 11.0. The average molecular weight is 688 g/mol. The van der Waals surface area contributed by atoms with Gasteiger partial charge in [0, 0.05) is 44.8 Å². The van der Waals surface area contributed by atoms with Crippen LogP contribution in [-0.4, -0.2) is 14.5 Å². The van der Waals surface area contributed by atoms with Crippen LogP contribution in [0, 0.1) is 0 Å². The second-order valence-electron chi connectivity index (χ2n) is 14.2. The van der Waals surface area contributed by atoms with Gasteiger partial charge in [-0.2, -0.15) is 0 Å². The molecule has 11 rings (SSSR count). The number of nitrogens with zero attached hydrogens (tertiary/aromatic N) is 3. The van der Waals surface area contributed by atoms with E-state index in [1.165, 1.54) is 60.4 Å². The van der Waals surface area contributed by atoms with E-state index < -0.39 is 0 Å². The lowest BCUT2D eigenvalue weighted by molar-refractivity contribution is 1.09. The Balaban J connectivity index is 1.23. The fourth-order valence-electron chi connectivity index (χ4n) is 8.40. The van der Waals surface area contributed by atoms with Crippen LogP contribution in [0.2, 0.25) is 0 Å². The third-order valence-corrected chi connectivity index (χ3v) is 11.0. The molecule has 0 spiro atoms. The van der Waals surface area contributed by atoms with E-state index in [9.17, 15) is 0 Å². The Labute approximate surface area is 313 Å². The van der Waals surface area contributed by atoms with Gasteiger partial charge < -0.3 is 4.57 Å². The number of hydrogen-bond acceptors (Lipinski definition) is 2. The van der Waals surface area contributed by atoms with Crippen LogP contribution < -0.4 is 0 Å². The minimum Gasteiger partial charge on any atom is -0.308 e. The van der Waals surface area contributed by atoms with E-state index >= 15 is 0 Å². The number of benzene rings is 8. The molecule has 0 N–H and O–H groups in total. The maximum Gasteiger partial charge on any atom is 0.160 e. The SMILES string of the molecule is c1ccc(-c2ccc(-c3nc(-c4ccccc4)nc4c3Cc3ccc5c6cc(-c7ccccc7)ccc6n(c5c3)-c3c-4ccc4ccccc34)cc2)cc1. The van der Waals surface area contributed by atoms with Crippen molar-refractivity contribution in [2.75, 3.05) is 0 Å². The van der Waals surface area contributed by atoms with Gasteiger partial charge in [-0.15, -0.1) is 0 Å². The Morgan fingerprint density at radius 3 is 1.76 bits per heavy atom. The molecule has 3 nitrogen and oxygen atoms in total. The van der Waals surface area contributed by atoms with Gasteiger partial charge in [0.15, 0.2) is 5.82 Å². The average Bonchev–Trinajstić information content (AvgIpc) is 3.58. The third kappa shape index (κ3) is 4.90.